The number of nitrogens with zero attached hydrogens (tertiary/aromatic N) is 1. The lowest BCUT2D eigenvalue weighted by atomic mass is 10.0. The van der Waals surface area contributed by atoms with E-state index in [2.05, 4.69) is 38.1 Å². The Morgan fingerprint density at radius 2 is 1.92 bits per heavy atom. The van der Waals surface area contributed by atoms with Crippen LogP contribution in [0.15, 0.2) is 5.38 Å². The van der Waals surface area contributed by atoms with Crippen molar-refractivity contribution in [2.45, 2.75) is 39.7 Å². The minimum Gasteiger partial charge on any atom is -0.322 e. The third kappa shape index (κ3) is 2.51. The molecule has 0 radical (unpaired) electrons. The quantitative estimate of drug-likeness (QED) is 0.811. The molecule has 1 atom stereocenters. The molecular formula is C10H18N2S. The fourth-order valence-corrected chi connectivity index (χ4v) is 1.94. The van der Waals surface area contributed by atoms with Crippen LogP contribution in [0.5, 0.6) is 0 Å². The molecule has 13 heavy (non-hydrogen) atoms. The average molecular weight is 198 g/mol. The molecule has 0 unspecified atom stereocenters. The Morgan fingerprint density at radius 1 is 1.31 bits per heavy atom. The number of thiazole rings is 1. The first-order chi connectivity index (χ1) is 6.02. The molecule has 0 saturated carbocycles. The highest BCUT2D eigenvalue weighted by Crippen LogP contribution is 2.24. The highest BCUT2D eigenvalue weighted by Gasteiger charge is 2.14. The summed E-state index contributed by atoms with van der Waals surface area (Å²) in [6.45, 7) is 8.56. The molecule has 3 heteroatoms. The van der Waals surface area contributed by atoms with E-state index in [1.165, 1.54) is 5.01 Å². The predicted octanol–water partition coefficient (Wildman–Crippen LogP) is 2.92. The zero-order valence-electron chi connectivity index (χ0n) is 8.74. The molecule has 2 nitrogen and oxygen atoms in total. The van der Waals surface area contributed by atoms with Gasteiger partial charge in [0, 0.05) is 11.3 Å². The summed E-state index contributed by atoms with van der Waals surface area (Å²) >= 11 is 1.71. The molecule has 0 bridgehead atoms. The van der Waals surface area contributed by atoms with Crippen LogP contribution in [-0.4, -0.2) is 4.98 Å². The van der Waals surface area contributed by atoms with Crippen molar-refractivity contribution in [2.24, 2.45) is 11.7 Å². The molecule has 2 N–H and O–H groups in total. The van der Waals surface area contributed by atoms with Gasteiger partial charge in [0.1, 0.15) is 0 Å². The summed E-state index contributed by atoms with van der Waals surface area (Å²) in [5.74, 6) is 0.972. The van der Waals surface area contributed by atoms with Gasteiger partial charge in [-0.05, 0) is 5.92 Å². The Hall–Kier alpha value is -0.410. The smallest absolute Gasteiger partial charge is 0.0954 e. The topological polar surface area (TPSA) is 38.9 Å². The van der Waals surface area contributed by atoms with Gasteiger partial charge in [0.2, 0.25) is 0 Å². The van der Waals surface area contributed by atoms with Crippen molar-refractivity contribution >= 4 is 11.3 Å². The van der Waals surface area contributed by atoms with Gasteiger partial charge in [-0.15, -0.1) is 11.3 Å². The molecule has 1 rings (SSSR count). The first-order valence-corrected chi connectivity index (χ1v) is 5.61. The van der Waals surface area contributed by atoms with Crippen molar-refractivity contribution in [1.29, 1.82) is 0 Å². The van der Waals surface area contributed by atoms with Crippen molar-refractivity contribution in [1.82, 2.24) is 4.98 Å². The van der Waals surface area contributed by atoms with E-state index < -0.39 is 0 Å². The SMILES string of the molecule is CC(C)c1nc([C@@H](N)C(C)C)cs1. The van der Waals surface area contributed by atoms with E-state index in [-0.39, 0.29) is 6.04 Å². The third-order valence-corrected chi connectivity index (χ3v) is 3.26. The fraction of sp³-hybridized carbons (Fsp3) is 0.700. The number of aromatic nitrogens is 1. The van der Waals surface area contributed by atoms with Gasteiger partial charge in [0.15, 0.2) is 0 Å². The predicted molar refractivity (Wildman–Crippen MR) is 58.0 cm³/mol. The zero-order chi connectivity index (χ0) is 10.0. The molecule has 1 heterocycles. The number of hydrogen-bond donors (Lipinski definition) is 1. The molecule has 0 aliphatic carbocycles. The second-order valence-corrected chi connectivity index (χ2v) is 4.92. The van der Waals surface area contributed by atoms with Gasteiger partial charge in [-0.3, -0.25) is 0 Å². The first-order valence-electron chi connectivity index (χ1n) is 4.73. The summed E-state index contributed by atoms with van der Waals surface area (Å²) in [5.41, 5.74) is 7.04. The lowest BCUT2D eigenvalue weighted by molar-refractivity contribution is 0.504. The summed E-state index contributed by atoms with van der Waals surface area (Å²) in [6.07, 6.45) is 0. The minimum absolute atomic E-state index is 0.0868. The van der Waals surface area contributed by atoms with E-state index >= 15 is 0 Å². The van der Waals surface area contributed by atoms with Gasteiger partial charge in [-0.2, -0.15) is 0 Å². The third-order valence-electron chi connectivity index (χ3n) is 2.09. The van der Waals surface area contributed by atoms with Gasteiger partial charge in [0.05, 0.1) is 16.7 Å². The second-order valence-electron chi connectivity index (χ2n) is 4.04. The van der Waals surface area contributed by atoms with Crippen molar-refractivity contribution in [3.05, 3.63) is 16.1 Å². The standard InChI is InChI=1S/C10H18N2S/c1-6(2)9(11)8-5-13-10(12-8)7(3)4/h5-7,9H,11H2,1-4H3/t9-/m0/s1. The van der Waals surface area contributed by atoms with Crippen molar-refractivity contribution < 1.29 is 0 Å². The highest BCUT2D eigenvalue weighted by molar-refractivity contribution is 7.09. The Kier molecular flexibility index (Phi) is 3.45. The normalized spacial score (nSPS) is 14.1. The molecule has 1 aromatic heterocycles. The highest BCUT2D eigenvalue weighted by atomic mass is 32.1. The first kappa shape index (κ1) is 10.7. The number of hydrogen-bond acceptors (Lipinski definition) is 3. The van der Waals surface area contributed by atoms with Crippen LogP contribution in [0.2, 0.25) is 0 Å². The van der Waals surface area contributed by atoms with Gasteiger partial charge < -0.3 is 5.73 Å². The molecule has 0 aliphatic heterocycles. The molecule has 0 aliphatic rings. The van der Waals surface area contributed by atoms with Gasteiger partial charge >= 0.3 is 0 Å². The van der Waals surface area contributed by atoms with Crippen LogP contribution in [-0.2, 0) is 0 Å². The van der Waals surface area contributed by atoms with E-state index in [1.54, 1.807) is 11.3 Å². The van der Waals surface area contributed by atoms with Gasteiger partial charge in [-0.25, -0.2) is 4.98 Å². The largest absolute Gasteiger partial charge is 0.322 e. The maximum Gasteiger partial charge on any atom is 0.0954 e. The summed E-state index contributed by atoms with van der Waals surface area (Å²) in [6, 6.07) is 0.0868. The summed E-state index contributed by atoms with van der Waals surface area (Å²) in [4.78, 5) is 4.52. The van der Waals surface area contributed by atoms with Crippen molar-refractivity contribution in [3.63, 3.8) is 0 Å². The maximum absolute atomic E-state index is 6.00. The fourth-order valence-electron chi connectivity index (χ4n) is 1.06. The summed E-state index contributed by atoms with van der Waals surface area (Å²) in [5, 5.41) is 3.27. The average Bonchev–Trinajstić information content (AvgIpc) is 2.50. The monoisotopic (exact) mass is 198 g/mol. The van der Waals surface area contributed by atoms with E-state index in [0.717, 1.165) is 5.69 Å². The van der Waals surface area contributed by atoms with Gasteiger partial charge in [-0.1, -0.05) is 27.7 Å². The van der Waals surface area contributed by atoms with Crippen molar-refractivity contribution in [2.75, 3.05) is 0 Å². The van der Waals surface area contributed by atoms with Crippen molar-refractivity contribution in [3.8, 4) is 0 Å². The van der Waals surface area contributed by atoms with E-state index in [1.807, 2.05) is 0 Å². The maximum atomic E-state index is 6.00. The van der Waals surface area contributed by atoms with Crippen LogP contribution >= 0.6 is 11.3 Å². The van der Waals surface area contributed by atoms with Crippen LogP contribution in [0, 0.1) is 5.92 Å². The Balaban J connectivity index is 2.79. The Labute approximate surface area is 84.2 Å². The molecule has 0 aromatic carbocycles. The lowest BCUT2D eigenvalue weighted by Crippen LogP contribution is -2.17. The van der Waals surface area contributed by atoms with E-state index in [0.29, 0.717) is 11.8 Å². The second kappa shape index (κ2) is 4.20. The number of nitrogens with two attached hydrogens (primary N) is 1. The molecule has 0 amide bonds. The molecule has 0 spiro atoms. The molecule has 0 fully saturated rings. The zero-order valence-corrected chi connectivity index (χ0v) is 9.56. The lowest BCUT2D eigenvalue weighted by Gasteiger charge is -2.12. The molecule has 0 saturated heterocycles. The van der Waals surface area contributed by atoms with Crippen LogP contribution in [0.3, 0.4) is 0 Å². The Morgan fingerprint density at radius 3 is 2.31 bits per heavy atom. The van der Waals surface area contributed by atoms with Gasteiger partial charge in [0.25, 0.3) is 0 Å². The van der Waals surface area contributed by atoms with Crippen LogP contribution in [0.4, 0.5) is 0 Å². The van der Waals surface area contributed by atoms with Crippen LogP contribution < -0.4 is 5.73 Å². The molecule has 1 aromatic rings. The summed E-state index contributed by atoms with van der Waals surface area (Å²) < 4.78 is 0. The van der Waals surface area contributed by atoms with Crippen LogP contribution in [0.25, 0.3) is 0 Å². The minimum atomic E-state index is 0.0868. The Bertz CT molecular complexity index is 266. The molecular weight excluding hydrogens is 180 g/mol. The van der Waals surface area contributed by atoms with Crippen LogP contribution in [0.1, 0.15) is 50.4 Å². The molecule has 74 valence electrons. The van der Waals surface area contributed by atoms with E-state index in [4.69, 9.17) is 5.73 Å². The number of rotatable bonds is 3. The van der Waals surface area contributed by atoms with E-state index in [9.17, 15) is 0 Å². The summed E-state index contributed by atoms with van der Waals surface area (Å²) in [7, 11) is 0.